The normalized spacial score (nSPS) is 21.0. The molecule has 2 amide bonds. The molecule has 4 aliphatic rings. The number of carbonyl (C=O) groups excluding carboxylic acids is 2. The third kappa shape index (κ3) is 10.2. The van der Waals surface area contributed by atoms with Crippen LogP contribution in [0.5, 0.6) is 17.2 Å². The van der Waals surface area contributed by atoms with Gasteiger partial charge < -0.3 is 24.8 Å². The molecule has 2 N–H and O–H groups in total. The van der Waals surface area contributed by atoms with Crippen LogP contribution in [0.4, 0.5) is 24.5 Å². The number of aryl methyl sites for hydroxylation is 2. The first-order valence-electron chi connectivity index (χ1n) is 28.9. The fourth-order valence-electron chi connectivity index (χ4n) is 14.2. The maximum atomic E-state index is 15.3. The van der Waals surface area contributed by atoms with E-state index in [1.165, 1.54) is 57.4 Å². The summed E-state index contributed by atoms with van der Waals surface area (Å²) in [5.41, 5.74) is 6.36. The van der Waals surface area contributed by atoms with E-state index in [0.29, 0.717) is 56.3 Å². The number of nitrogens with one attached hydrogen (secondary N) is 2. The number of ether oxygens (including phenoxy) is 3. The molecule has 0 bridgehead atoms. The molecule has 2 saturated carbocycles. The molecule has 7 aromatic rings. The molecular weight excluding hydrogens is 1010 g/mol. The van der Waals surface area contributed by atoms with Crippen molar-refractivity contribution in [2.45, 2.75) is 129 Å². The Kier molecular flexibility index (Phi) is 15.0. The first kappa shape index (κ1) is 54.6. The van der Waals surface area contributed by atoms with Crippen molar-refractivity contribution in [2.75, 3.05) is 24.9 Å². The minimum Gasteiger partial charge on any atom is -0.497 e. The van der Waals surface area contributed by atoms with E-state index >= 15 is 13.2 Å². The van der Waals surface area contributed by atoms with Crippen LogP contribution in [-0.2, 0) is 22.0 Å². The second-order valence-electron chi connectivity index (χ2n) is 23.7. The highest BCUT2D eigenvalue weighted by atomic mass is 19.4. The monoisotopic (exact) mass is 1080 g/mol. The summed E-state index contributed by atoms with van der Waals surface area (Å²) in [6.45, 7) is 9.71. The number of carbonyl (C=O) groups is 2. The van der Waals surface area contributed by atoms with Gasteiger partial charge in [-0.15, -0.1) is 0 Å². The van der Waals surface area contributed by atoms with Crippen molar-refractivity contribution in [3.63, 3.8) is 0 Å². The van der Waals surface area contributed by atoms with Gasteiger partial charge in [0.15, 0.2) is 5.60 Å². The molecule has 7 nitrogen and oxygen atoms in total. The number of methoxy groups -OCH3 is 2. The fourth-order valence-corrected chi connectivity index (χ4v) is 14.2. The van der Waals surface area contributed by atoms with Gasteiger partial charge in [0.2, 0.25) is 5.91 Å². The van der Waals surface area contributed by atoms with E-state index in [2.05, 4.69) is 17.6 Å². The van der Waals surface area contributed by atoms with E-state index < -0.39 is 22.8 Å². The predicted octanol–water partition coefficient (Wildman–Crippen LogP) is 18.2. The van der Waals surface area contributed by atoms with Crippen LogP contribution >= 0.6 is 0 Å². The minimum absolute atomic E-state index is 0.00326. The van der Waals surface area contributed by atoms with Crippen molar-refractivity contribution in [3.8, 4) is 39.5 Å². The van der Waals surface area contributed by atoms with Crippen molar-refractivity contribution in [1.82, 2.24) is 0 Å². The van der Waals surface area contributed by atoms with E-state index in [4.69, 9.17) is 14.2 Å². The van der Waals surface area contributed by atoms with Gasteiger partial charge in [-0.3, -0.25) is 9.59 Å². The Bertz CT molecular complexity index is 3500. The van der Waals surface area contributed by atoms with Gasteiger partial charge in [-0.25, -0.2) is 0 Å². The van der Waals surface area contributed by atoms with Crippen LogP contribution in [0, 0.1) is 37.5 Å². The number of fused-ring (bicyclic) bond motifs is 8. The van der Waals surface area contributed by atoms with E-state index in [0.717, 1.165) is 87.8 Å². The maximum absolute atomic E-state index is 15.3. The Labute approximate surface area is 469 Å². The molecule has 1 heterocycles. The highest BCUT2D eigenvalue weighted by molar-refractivity contribution is 6.11. The molecule has 414 valence electrons. The van der Waals surface area contributed by atoms with E-state index in [1.54, 1.807) is 45.4 Å². The lowest BCUT2D eigenvalue weighted by atomic mass is 9.68. The van der Waals surface area contributed by atoms with Crippen LogP contribution in [0.15, 0.2) is 127 Å². The van der Waals surface area contributed by atoms with Crippen LogP contribution in [0.3, 0.4) is 0 Å². The third-order valence-corrected chi connectivity index (χ3v) is 18.3. The average Bonchev–Trinajstić information content (AvgIpc) is 3.86. The number of unbranched alkanes of at least 4 members (excludes halogenated alkanes) is 2. The minimum atomic E-state index is -4.61. The van der Waals surface area contributed by atoms with E-state index in [1.807, 2.05) is 124 Å². The maximum Gasteiger partial charge on any atom is 0.416 e. The molecule has 1 atom stereocenters. The third-order valence-electron chi connectivity index (χ3n) is 18.3. The molecule has 0 radical (unpaired) electrons. The number of amides is 2. The van der Waals surface area contributed by atoms with Crippen molar-refractivity contribution >= 4 is 40.0 Å². The van der Waals surface area contributed by atoms with Crippen LogP contribution < -0.4 is 24.8 Å². The summed E-state index contributed by atoms with van der Waals surface area (Å²) in [6.07, 6.45) is 14.4. The zero-order valence-corrected chi connectivity index (χ0v) is 47.2. The molecule has 7 aromatic carbocycles. The average molecular weight is 1080 g/mol. The van der Waals surface area contributed by atoms with Crippen molar-refractivity contribution in [3.05, 3.63) is 177 Å². The van der Waals surface area contributed by atoms with Gasteiger partial charge >= 0.3 is 6.18 Å². The lowest BCUT2D eigenvalue weighted by molar-refractivity contribution is -0.138. The summed E-state index contributed by atoms with van der Waals surface area (Å²) in [4.78, 5) is 27.3. The summed E-state index contributed by atoms with van der Waals surface area (Å²) in [6, 6.07) is 37.5. The Balaban J connectivity index is 0.874. The predicted molar refractivity (Wildman–Crippen MR) is 316 cm³/mol. The molecule has 1 unspecified atom stereocenters. The summed E-state index contributed by atoms with van der Waals surface area (Å²) >= 11 is 0. The molecule has 0 saturated heterocycles. The highest BCUT2D eigenvalue weighted by Crippen LogP contribution is 2.61. The first-order chi connectivity index (χ1) is 38.5. The van der Waals surface area contributed by atoms with Gasteiger partial charge in [0.05, 0.1) is 19.8 Å². The summed E-state index contributed by atoms with van der Waals surface area (Å²) in [7, 11) is 3.23. The highest BCUT2D eigenvalue weighted by Gasteiger charge is 2.49. The summed E-state index contributed by atoms with van der Waals surface area (Å²) in [5, 5.41) is 7.60. The smallest absolute Gasteiger partial charge is 0.416 e. The molecule has 2 fully saturated rings. The zero-order valence-electron chi connectivity index (χ0n) is 47.2. The van der Waals surface area contributed by atoms with Gasteiger partial charge in [-0.2, -0.15) is 13.2 Å². The number of alkyl halides is 3. The molecule has 10 heteroatoms. The van der Waals surface area contributed by atoms with Gasteiger partial charge in [0.25, 0.3) is 5.91 Å². The van der Waals surface area contributed by atoms with E-state index in [9.17, 15) is 9.59 Å². The Morgan fingerprint density at radius 3 is 2.00 bits per heavy atom. The number of halogens is 3. The molecule has 0 aromatic heterocycles. The van der Waals surface area contributed by atoms with Gasteiger partial charge in [0, 0.05) is 55.9 Å². The standard InChI is InChI=1S/C70H73F3N2O5/c1-8-9-11-14-44-17-19-45(20-18-44)46-21-23-47(24-22-46)66(76)74-51-29-25-48(26-30-51)67(77)75-52-31-34-54(43(3)39-52)56-40-57-58(41-61(56)79-7)65-55(64-62(57)59-37-42(2)38-60(70(71,72)73)63(59)68(64,4)5)35-36-69(80-65,49-15-12-10-13-16-49)50-27-32-53(78-6)33-28-50/h10,12-13,15-16,25-41,44-47H,8-9,11,14,17-24H2,1-7H3,(H,74,76)(H,75,77). The van der Waals surface area contributed by atoms with Crippen LogP contribution in [0.2, 0.25) is 0 Å². The van der Waals surface area contributed by atoms with Gasteiger partial charge in [0.1, 0.15) is 17.2 Å². The fraction of sp³-hybridized carbons (Fsp3) is 0.371. The van der Waals surface area contributed by atoms with Crippen LogP contribution in [-0.4, -0.2) is 26.0 Å². The Morgan fingerprint density at radius 1 is 0.675 bits per heavy atom. The number of benzene rings is 7. The lowest BCUT2D eigenvalue weighted by Crippen LogP contribution is -2.35. The van der Waals surface area contributed by atoms with Gasteiger partial charge in [-0.1, -0.05) is 120 Å². The number of rotatable bonds is 14. The quantitative estimate of drug-likeness (QED) is 0.106. The number of anilines is 2. The molecule has 80 heavy (non-hydrogen) atoms. The molecule has 0 spiro atoms. The molecular formula is C70H73F3N2O5. The zero-order chi connectivity index (χ0) is 56.1. The van der Waals surface area contributed by atoms with Crippen molar-refractivity contribution < 1.29 is 37.0 Å². The summed E-state index contributed by atoms with van der Waals surface area (Å²) in [5.74, 6) is 3.98. The van der Waals surface area contributed by atoms with Crippen LogP contribution in [0.25, 0.3) is 39.1 Å². The second kappa shape index (κ2) is 22.0. The van der Waals surface area contributed by atoms with Crippen molar-refractivity contribution in [1.29, 1.82) is 0 Å². The Hall–Kier alpha value is -7.33. The van der Waals surface area contributed by atoms with Crippen LogP contribution in [0.1, 0.15) is 153 Å². The number of hydrogen-bond donors (Lipinski definition) is 2. The Morgan fingerprint density at radius 2 is 1.35 bits per heavy atom. The number of hydrogen-bond acceptors (Lipinski definition) is 5. The SMILES string of the molecule is CCCCCC1CCC(C2CCC(C(=O)Nc3ccc(C(=O)Nc4ccc(-c5cc6c7c(c8c(c6cc5OC)OC(c5ccccc5)(c5ccc(OC)cc5)C=C8)C(C)(C)c5c-7cc(C)cc5C(F)(F)F)c(C)c4)cc3)CC2)CC1. The second-order valence-corrected chi connectivity index (χ2v) is 23.7. The lowest BCUT2D eigenvalue weighted by Gasteiger charge is -2.38. The van der Waals surface area contributed by atoms with Gasteiger partial charge in [-0.05, 0) is 187 Å². The molecule has 11 rings (SSSR count). The summed E-state index contributed by atoms with van der Waals surface area (Å²) < 4.78 is 65.2. The van der Waals surface area contributed by atoms with Crippen molar-refractivity contribution in [2.24, 2.45) is 23.7 Å². The molecule has 1 aliphatic heterocycles. The van der Waals surface area contributed by atoms with E-state index in [-0.39, 0.29) is 23.3 Å². The largest absolute Gasteiger partial charge is 0.497 e. The first-order valence-corrected chi connectivity index (χ1v) is 28.9. The topological polar surface area (TPSA) is 85.9 Å². The molecule has 3 aliphatic carbocycles.